The smallest absolute Gasteiger partial charge is 0.264 e. The maximum absolute atomic E-state index is 13.4. The van der Waals surface area contributed by atoms with Crippen LogP contribution in [-0.2, 0) is 9.59 Å². The molecule has 2 N–H and O–H groups in total. The van der Waals surface area contributed by atoms with Gasteiger partial charge in [0.1, 0.15) is 5.82 Å². The van der Waals surface area contributed by atoms with Gasteiger partial charge in [-0.2, -0.15) is 0 Å². The molecule has 1 aliphatic rings. The van der Waals surface area contributed by atoms with E-state index in [2.05, 4.69) is 10.6 Å². The highest BCUT2D eigenvalue weighted by Crippen LogP contribution is 2.25. The first-order chi connectivity index (χ1) is 12.5. The standard InChI is InChI=1S/C19H26F3N3O2/c1-19(2,3)24-16(26)11-25-6-4-12(5-7-25)18(27)23-15-9-13(17(21)22)8-14(20)10-15/h8-10,12,17H,4-7,11H2,1-3H3,(H,23,27)(H,24,26). The van der Waals surface area contributed by atoms with Crippen molar-refractivity contribution in [1.29, 1.82) is 0 Å². The first-order valence-corrected chi connectivity index (χ1v) is 8.96. The highest BCUT2D eigenvalue weighted by molar-refractivity contribution is 5.92. The molecule has 1 aromatic rings. The highest BCUT2D eigenvalue weighted by atomic mass is 19.3. The van der Waals surface area contributed by atoms with E-state index < -0.39 is 17.8 Å². The van der Waals surface area contributed by atoms with Crippen LogP contribution in [0.2, 0.25) is 0 Å². The van der Waals surface area contributed by atoms with E-state index in [4.69, 9.17) is 0 Å². The van der Waals surface area contributed by atoms with Crippen molar-refractivity contribution < 1.29 is 22.8 Å². The zero-order chi connectivity index (χ0) is 20.2. The number of hydrogen-bond donors (Lipinski definition) is 2. The average Bonchev–Trinajstić information content (AvgIpc) is 2.53. The van der Waals surface area contributed by atoms with Crippen LogP contribution >= 0.6 is 0 Å². The minimum absolute atomic E-state index is 0.0299. The fourth-order valence-electron chi connectivity index (χ4n) is 3.07. The molecule has 1 aromatic carbocycles. The lowest BCUT2D eigenvalue weighted by atomic mass is 9.95. The van der Waals surface area contributed by atoms with Crippen LogP contribution in [0.4, 0.5) is 18.9 Å². The van der Waals surface area contributed by atoms with Crippen LogP contribution in [0, 0.1) is 11.7 Å². The Morgan fingerprint density at radius 2 is 1.81 bits per heavy atom. The van der Waals surface area contributed by atoms with Crippen molar-refractivity contribution >= 4 is 17.5 Å². The molecule has 1 saturated heterocycles. The van der Waals surface area contributed by atoms with E-state index in [9.17, 15) is 22.8 Å². The molecule has 0 aromatic heterocycles. The van der Waals surface area contributed by atoms with E-state index in [1.807, 2.05) is 25.7 Å². The number of piperidine rings is 1. The van der Waals surface area contributed by atoms with Gasteiger partial charge in [0.25, 0.3) is 6.43 Å². The van der Waals surface area contributed by atoms with Gasteiger partial charge in [-0.1, -0.05) is 0 Å². The topological polar surface area (TPSA) is 61.4 Å². The van der Waals surface area contributed by atoms with Crippen molar-refractivity contribution in [3.8, 4) is 0 Å². The van der Waals surface area contributed by atoms with Crippen LogP contribution in [0.3, 0.4) is 0 Å². The fourth-order valence-corrected chi connectivity index (χ4v) is 3.07. The fraction of sp³-hybridized carbons (Fsp3) is 0.579. The Morgan fingerprint density at radius 1 is 1.19 bits per heavy atom. The predicted octanol–water partition coefficient (Wildman–Crippen LogP) is 3.33. The number of anilines is 1. The Bertz CT molecular complexity index is 681. The van der Waals surface area contributed by atoms with E-state index in [1.54, 1.807) is 0 Å². The van der Waals surface area contributed by atoms with Crippen molar-refractivity contribution in [1.82, 2.24) is 10.2 Å². The second kappa shape index (κ2) is 8.73. The normalized spacial score (nSPS) is 16.4. The van der Waals surface area contributed by atoms with E-state index in [-0.39, 0.29) is 35.5 Å². The van der Waals surface area contributed by atoms with Gasteiger partial charge < -0.3 is 10.6 Å². The van der Waals surface area contributed by atoms with Crippen LogP contribution < -0.4 is 10.6 Å². The number of carbonyl (C=O) groups is 2. The van der Waals surface area contributed by atoms with Crippen molar-refractivity contribution in [2.45, 2.75) is 45.6 Å². The summed E-state index contributed by atoms with van der Waals surface area (Å²) in [5.74, 6) is -1.50. The molecular formula is C19H26F3N3O2. The Hall–Kier alpha value is -2.09. The van der Waals surface area contributed by atoms with Gasteiger partial charge in [-0.05, 0) is 64.9 Å². The molecule has 0 bridgehead atoms. The Kier molecular flexibility index (Phi) is 6.86. The lowest BCUT2D eigenvalue weighted by molar-refractivity contribution is -0.124. The SMILES string of the molecule is CC(C)(C)NC(=O)CN1CCC(C(=O)Nc2cc(F)cc(C(F)F)c2)CC1. The van der Waals surface area contributed by atoms with Crippen molar-refractivity contribution in [2.24, 2.45) is 5.92 Å². The maximum Gasteiger partial charge on any atom is 0.264 e. The van der Waals surface area contributed by atoms with E-state index in [0.717, 1.165) is 18.2 Å². The van der Waals surface area contributed by atoms with Crippen molar-refractivity contribution in [3.05, 3.63) is 29.6 Å². The molecule has 1 fully saturated rings. The molecule has 5 nitrogen and oxygen atoms in total. The summed E-state index contributed by atoms with van der Waals surface area (Å²) in [6, 6.07) is 2.86. The largest absolute Gasteiger partial charge is 0.350 e. The molecule has 8 heteroatoms. The van der Waals surface area contributed by atoms with Gasteiger partial charge in [-0.3, -0.25) is 14.5 Å². The predicted molar refractivity (Wildman–Crippen MR) is 97.0 cm³/mol. The number of halogens is 3. The third-order valence-corrected chi connectivity index (χ3v) is 4.28. The van der Waals surface area contributed by atoms with Gasteiger partial charge in [-0.15, -0.1) is 0 Å². The van der Waals surface area contributed by atoms with Crippen LogP contribution in [0.25, 0.3) is 0 Å². The average molecular weight is 385 g/mol. The number of hydrogen-bond acceptors (Lipinski definition) is 3. The summed E-state index contributed by atoms with van der Waals surface area (Å²) in [4.78, 5) is 26.3. The first-order valence-electron chi connectivity index (χ1n) is 8.96. The lowest BCUT2D eigenvalue weighted by Crippen LogP contribution is -2.48. The molecule has 1 aliphatic heterocycles. The summed E-state index contributed by atoms with van der Waals surface area (Å²) in [6.07, 6.45) is -1.71. The second-order valence-corrected chi connectivity index (χ2v) is 7.91. The van der Waals surface area contributed by atoms with Gasteiger partial charge in [0.2, 0.25) is 11.8 Å². The molecular weight excluding hydrogens is 359 g/mol. The molecule has 0 unspecified atom stereocenters. The summed E-state index contributed by atoms with van der Waals surface area (Å²) < 4.78 is 38.9. The summed E-state index contributed by atoms with van der Waals surface area (Å²) in [5, 5.41) is 5.42. The quantitative estimate of drug-likeness (QED) is 0.817. The molecule has 1 heterocycles. The first kappa shape index (κ1) is 21.2. The van der Waals surface area contributed by atoms with E-state index in [1.165, 1.54) is 0 Å². The molecule has 0 spiro atoms. The van der Waals surface area contributed by atoms with Crippen LogP contribution in [0.5, 0.6) is 0 Å². The van der Waals surface area contributed by atoms with Crippen LogP contribution in [-0.4, -0.2) is 41.9 Å². The number of benzene rings is 1. The van der Waals surface area contributed by atoms with Crippen LogP contribution in [0.15, 0.2) is 18.2 Å². The summed E-state index contributed by atoms with van der Waals surface area (Å²) >= 11 is 0. The Morgan fingerprint density at radius 3 is 2.37 bits per heavy atom. The number of carbonyl (C=O) groups excluding carboxylic acids is 2. The molecule has 2 rings (SSSR count). The molecule has 27 heavy (non-hydrogen) atoms. The molecule has 0 saturated carbocycles. The monoisotopic (exact) mass is 385 g/mol. The molecule has 0 atom stereocenters. The number of amides is 2. The number of likely N-dealkylation sites (tertiary alicyclic amines) is 1. The molecule has 0 aliphatic carbocycles. The van der Waals surface area contributed by atoms with Gasteiger partial charge in [0, 0.05) is 22.7 Å². The third kappa shape index (κ3) is 6.86. The number of nitrogens with zero attached hydrogens (tertiary/aromatic N) is 1. The van der Waals surface area contributed by atoms with E-state index in [0.29, 0.717) is 25.9 Å². The van der Waals surface area contributed by atoms with Crippen LogP contribution in [0.1, 0.15) is 45.6 Å². The Labute approximate surface area is 157 Å². The highest BCUT2D eigenvalue weighted by Gasteiger charge is 2.27. The van der Waals surface area contributed by atoms with E-state index >= 15 is 0 Å². The molecule has 150 valence electrons. The third-order valence-electron chi connectivity index (χ3n) is 4.28. The number of nitrogens with one attached hydrogen (secondary N) is 2. The van der Waals surface area contributed by atoms with Gasteiger partial charge in [-0.25, -0.2) is 13.2 Å². The molecule has 2 amide bonds. The van der Waals surface area contributed by atoms with Crippen molar-refractivity contribution in [2.75, 3.05) is 25.0 Å². The maximum atomic E-state index is 13.4. The number of rotatable bonds is 5. The zero-order valence-corrected chi connectivity index (χ0v) is 15.8. The second-order valence-electron chi connectivity index (χ2n) is 7.91. The van der Waals surface area contributed by atoms with Gasteiger partial charge >= 0.3 is 0 Å². The van der Waals surface area contributed by atoms with Gasteiger partial charge in [0.05, 0.1) is 6.54 Å². The molecule has 0 radical (unpaired) electrons. The summed E-state index contributed by atoms with van der Waals surface area (Å²) in [6.45, 7) is 7.17. The summed E-state index contributed by atoms with van der Waals surface area (Å²) in [5.41, 5.74) is -0.732. The lowest BCUT2D eigenvalue weighted by Gasteiger charge is -2.31. The van der Waals surface area contributed by atoms with Crippen molar-refractivity contribution in [3.63, 3.8) is 0 Å². The zero-order valence-electron chi connectivity index (χ0n) is 15.8. The minimum Gasteiger partial charge on any atom is -0.350 e. The van der Waals surface area contributed by atoms with Gasteiger partial charge in [0.15, 0.2) is 0 Å². The minimum atomic E-state index is -2.81. The Balaban J connectivity index is 1.86. The number of alkyl halides is 2. The summed E-state index contributed by atoms with van der Waals surface area (Å²) in [7, 11) is 0.